The second-order valence-electron chi connectivity index (χ2n) is 6.45. The summed E-state index contributed by atoms with van der Waals surface area (Å²) in [6, 6.07) is -0.205. The van der Waals surface area contributed by atoms with Crippen LogP contribution >= 0.6 is 12.4 Å². The van der Waals surface area contributed by atoms with E-state index in [0.717, 1.165) is 6.42 Å². The Morgan fingerprint density at radius 1 is 1.48 bits per heavy atom. The first-order valence-electron chi connectivity index (χ1n) is 7.89. The Balaban J connectivity index is 0.00000264. The number of nitrogens with zero attached hydrogens (tertiary/aromatic N) is 3. The highest BCUT2D eigenvalue weighted by Crippen LogP contribution is 2.25. The predicted octanol–water partition coefficient (Wildman–Crippen LogP) is 1.10. The number of aromatic nitrogens is 2. The van der Waals surface area contributed by atoms with Gasteiger partial charge in [0.05, 0.1) is 6.10 Å². The van der Waals surface area contributed by atoms with Gasteiger partial charge in [0.2, 0.25) is 11.8 Å². The summed E-state index contributed by atoms with van der Waals surface area (Å²) < 4.78 is 5.15. The van der Waals surface area contributed by atoms with E-state index in [9.17, 15) is 9.90 Å². The maximum atomic E-state index is 12.4. The average Bonchev–Trinajstić information content (AvgIpc) is 2.96. The van der Waals surface area contributed by atoms with Crippen molar-refractivity contribution in [1.82, 2.24) is 15.0 Å². The van der Waals surface area contributed by atoms with Gasteiger partial charge in [-0.3, -0.25) is 4.79 Å². The van der Waals surface area contributed by atoms with Crippen LogP contribution in [-0.4, -0.2) is 51.8 Å². The SMILES string of the molecule is CC(C)c1nc(CCN(C)C(=O)[C@H]2CC[C@@H](N)[C@H](O)C2)no1.Cl. The monoisotopic (exact) mass is 346 g/mol. The minimum absolute atomic E-state index is 0. The number of aliphatic hydroxyl groups is 1. The number of likely N-dealkylation sites (N-methyl/N-ethyl adjacent to an activating group) is 1. The van der Waals surface area contributed by atoms with Crippen LogP contribution in [0.2, 0.25) is 0 Å². The van der Waals surface area contributed by atoms with E-state index < -0.39 is 6.10 Å². The van der Waals surface area contributed by atoms with Crippen LogP contribution in [-0.2, 0) is 11.2 Å². The Hall–Kier alpha value is -1.18. The molecule has 1 amide bonds. The second-order valence-corrected chi connectivity index (χ2v) is 6.45. The number of halogens is 1. The quantitative estimate of drug-likeness (QED) is 0.827. The molecule has 0 unspecified atom stereocenters. The maximum absolute atomic E-state index is 12.4. The first-order valence-corrected chi connectivity index (χ1v) is 7.89. The Morgan fingerprint density at radius 2 is 2.17 bits per heavy atom. The number of amides is 1. The van der Waals surface area contributed by atoms with Gasteiger partial charge in [-0.05, 0) is 19.3 Å². The van der Waals surface area contributed by atoms with Crippen LogP contribution in [0, 0.1) is 5.92 Å². The number of hydrogen-bond acceptors (Lipinski definition) is 6. The number of hydrogen-bond donors (Lipinski definition) is 2. The summed E-state index contributed by atoms with van der Waals surface area (Å²) in [7, 11) is 1.77. The fourth-order valence-electron chi connectivity index (χ4n) is 2.69. The summed E-state index contributed by atoms with van der Waals surface area (Å²) in [6.07, 6.45) is 1.86. The molecule has 1 aliphatic rings. The van der Waals surface area contributed by atoms with Crippen LogP contribution < -0.4 is 5.73 Å². The largest absolute Gasteiger partial charge is 0.391 e. The molecular weight excluding hydrogens is 320 g/mol. The van der Waals surface area contributed by atoms with E-state index in [2.05, 4.69) is 10.1 Å². The molecule has 23 heavy (non-hydrogen) atoms. The lowest BCUT2D eigenvalue weighted by Crippen LogP contribution is -2.45. The predicted molar refractivity (Wildman–Crippen MR) is 88.3 cm³/mol. The Bertz CT molecular complexity index is 509. The zero-order valence-corrected chi connectivity index (χ0v) is 14.8. The van der Waals surface area contributed by atoms with Gasteiger partial charge in [-0.1, -0.05) is 19.0 Å². The van der Waals surface area contributed by atoms with Gasteiger partial charge in [-0.25, -0.2) is 0 Å². The minimum Gasteiger partial charge on any atom is -0.391 e. The third-order valence-corrected chi connectivity index (χ3v) is 4.24. The number of aliphatic hydroxyl groups excluding tert-OH is 1. The van der Waals surface area contributed by atoms with Crippen LogP contribution in [0.25, 0.3) is 0 Å². The maximum Gasteiger partial charge on any atom is 0.229 e. The lowest BCUT2D eigenvalue weighted by molar-refractivity contribution is -0.136. The van der Waals surface area contributed by atoms with E-state index in [1.807, 2.05) is 13.8 Å². The minimum atomic E-state index is -0.582. The molecule has 0 bridgehead atoms. The van der Waals surface area contributed by atoms with Crippen LogP contribution in [0.15, 0.2) is 4.52 Å². The Labute approximate surface area is 143 Å². The van der Waals surface area contributed by atoms with E-state index >= 15 is 0 Å². The van der Waals surface area contributed by atoms with Crippen molar-refractivity contribution in [2.45, 2.75) is 57.6 Å². The molecule has 0 saturated heterocycles. The number of nitrogens with two attached hydrogens (primary N) is 1. The van der Waals surface area contributed by atoms with Crippen LogP contribution in [0.1, 0.15) is 50.7 Å². The molecule has 3 atom stereocenters. The summed E-state index contributed by atoms with van der Waals surface area (Å²) in [4.78, 5) is 18.4. The van der Waals surface area contributed by atoms with E-state index in [1.54, 1.807) is 11.9 Å². The Morgan fingerprint density at radius 3 is 2.74 bits per heavy atom. The van der Waals surface area contributed by atoms with Crippen molar-refractivity contribution in [2.75, 3.05) is 13.6 Å². The molecule has 1 heterocycles. The molecule has 132 valence electrons. The zero-order chi connectivity index (χ0) is 16.3. The number of rotatable bonds is 5. The molecule has 8 heteroatoms. The third-order valence-electron chi connectivity index (χ3n) is 4.24. The Kier molecular flexibility index (Phi) is 7.44. The van der Waals surface area contributed by atoms with E-state index in [-0.39, 0.29) is 36.2 Å². The highest BCUT2D eigenvalue weighted by molar-refractivity contribution is 5.85. The fraction of sp³-hybridized carbons (Fsp3) is 0.800. The lowest BCUT2D eigenvalue weighted by atomic mass is 9.83. The summed E-state index contributed by atoms with van der Waals surface area (Å²) >= 11 is 0. The normalized spacial score (nSPS) is 24.3. The summed E-state index contributed by atoms with van der Waals surface area (Å²) in [5, 5.41) is 13.7. The van der Waals surface area contributed by atoms with Gasteiger partial charge in [0.1, 0.15) is 0 Å². The summed E-state index contributed by atoms with van der Waals surface area (Å²) in [6.45, 7) is 4.52. The third kappa shape index (κ3) is 5.16. The van der Waals surface area contributed by atoms with Crippen molar-refractivity contribution in [2.24, 2.45) is 11.7 Å². The van der Waals surface area contributed by atoms with Crippen LogP contribution in [0.5, 0.6) is 0 Å². The lowest BCUT2D eigenvalue weighted by Gasteiger charge is -2.32. The molecule has 1 aliphatic carbocycles. The molecular formula is C15H27ClN4O3. The smallest absolute Gasteiger partial charge is 0.229 e. The number of carbonyl (C=O) groups excluding carboxylic acids is 1. The van der Waals surface area contributed by atoms with Crippen molar-refractivity contribution < 1.29 is 14.4 Å². The van der Waals surface area contributed by atoms with Gasteiger partial charge < -0.3 is 20.3 Å². The molecule has 2 rings (SSSR count). The van der Waals surface area contributed by atoms with Crippen molar-refractivity contribution >= 4 is 18.3 Å². The molecule has 1 saturated carbocycles. The van der Waals surface area contributed by atoms with Gasteiger partial charge >= 0.3 is 0 Å². The van der Waals surface area contributed by atoms with Gasteiger partial charge in [0, 0.05) is 37.9 Å². The van der Waals surface area contributed by atoms with E-state index in [4.69, 9.17) is 10.3 Å². The molecule has 0 spiro atoms. The van der Waals surface area contributed by atoms with E-state index in [1.165, 1.54) is 0 Å². The summed E-state index contributed by atoms with van der Waals surface area (Å²) in [5.74, 6) is 1.35. The first kappa shape index (κ1) is 19.9. The highest BCUT2D eigenvalue weighted by Gasteiger charge is 2.32. The summed E-state index contributed by atoms with van der Waals surface area (Å²) in [5.41, 5.74) is 5.78. The molecule has 3 N–H and O–H groups in total. The van der Waals surface area contributed by atoms with Gasteiger partial charge in [-0.2, -0.15) is 4.98 Å². The van der Waals surface area contributed by atoms with Crippen molar-refractivity contribution in [3.05, 3.63) is 11.7 Å². The molecule has 1 aromatic heterocycles. The van der Waals surface area contributed by atoms with Crippen LogP contribution in [0.3, 0.4) is 0 Å². The van der Waals surface area contributed by atoms with Crippen molar-refractivity contribution in [1.29, 1.82) is 0 Å². The second kappa shape index (κ2) is 8.61. The van der Waals surface area contributed by atoms with Crippen LogP contribution in [0.4, 0.5) is 0 Å². The average molecular weight is 347 g/mol. The highest BCUT2D eigenvalue weighted by atomic mass is 35.5. The fourth-order valence-corrected chi connectivity index (χ4v) is 2.69. The van der Waals surface area contributed by atoms with Gasteiger partial charge in [0.15, 0.2) is 5.82 Å². The molecule has 0 aromatic carbocycles. The molecule has 0 aliphatic heterocycles. The standard InChI is InChI=1S/C15H26N4O3.ClH/c1-9(2)14-17-13(18-22-14)6-7-19(3)15(21)10-4-5-11(16)12(20)8-10;/h9-12,20H,4-8,16H2,1-3H3;1H/t10-,11+,12+;/m0./s1. The first-order chi connectivity index (χ1) is 10.4. The molecule has 7 nitrogen and oxygen atoms in total. The molecule has 1 aromatic rings. The van der Waals surface area contributed by atoms with E-state index in [0.29, 0.717) is 37.5 Å². The molecule has 0 radical (unpaired) electrons. The van der Waals surface area contributed by atoms with Gasteiger partial charge in [-0.15, -0.1) is 12.4 Å². The van der Waals surface area contributed by atoms with Crippen molar-refractivity contribution in [3.8, 4) is 0 Å². The topological polar surface area (TPSA) is 105 Å². The molecule has 1 fully saturated rings. The number of carbonyl (C=O) groups is 1. The van der Waals surface area contributed by atoms with Gasteiger partial charge in [0.25, 0.3) is 0 Å². The van der Waals surface area contributed by atoms with Crippen molar-refractivity contribution in [3.63, 3.8) is 0 Å². The zero-order valence-electron chi connectivity index (χ0n) is 13.9.